The molecule has 0 aliphatic carbocycles. The van der Waals surface area contributed by atoms with E-state index in [-0.39, 0.29) is 0 Å². The van der Waals surface area contributed by atoms with Gasteiger partial charge in [-0.25, -0.2) is 0 Å². The van der Waals surface area contributed by atoms with Crippen molar-refractivity contribution in [1.29, 1.82) is 0 Å². The molecule has 0 aromatic carbocycles. The SMILES string of the molecule is CCc1nnc(Cl)n1C(CC)CC. The van der Waals surface area contributed by atoms with Gasteiger partial charge in [0.15, 0.2) is 0 Å². The number of halogens is 1. The second-order valence-corrected chi connectivity index (χ2v) is 3.42. The molecule has 1 aromatic heterocycles. The number of rotatable bonds is 4. The largest absolute Gasteiger partial charge is 0.299 e. The van der Waals surface area contributed by atoms with Crippen molar-refractivity contribution in [2.45, 2.75) is 46.1 Å². The molecule has 0 radical (unpaired) electrons. The Morgan fingerprint density at radius 1 is 1.23 bits per heavy atom. The van der Waals surface area contributed by atoms with Crippen molar-refractivity contribution in [1.82, 2.24) is 14.8 Å². The molecule has 0 saturated carbocycles. The predicted molar refractivity (Wildman–Crippen MR) is 54.0 cm³/mol. The fourth-order valence-corrected chi connectivity index (χ4v) is 1.83. The molecule has 0 atom stereocenters. The lowest BCUT2D eigenvalue weighted by molar-refractivity contribution is 0.456. The molecule has 0 spiro atoms. The second kappa shape index (κ2) is 4.61. The van der Waals surface area contributed by atoms with Gasteiger partial charge in [-0.3, -0.25) is 4.57 Å². The lowest BCUT2D eigenvalue weighted by atomic mass is 10.1. The fraction of sp³-hybridized carbons (Fsp3) is 0.778. The molecule has 0 N–H and O–H groups in total. The van der Waals surface area contributed by atoms with Gasteiger partial charge >= 0.3 is 0 Å². The number of aryl methyl sites for hydroxylation is 1. The van der Waals surface area contributed by atoms with Crippen LogP contribution in [-0.2, 0) is 6.42 Å². The molecular weight excluding hydrogens is 186 g/mol. The van der Waals surface area contributed by atoms with Crippen LogP contribution in [0.15, 0.2) is 0 Å². The average Bonchev–Trinajstić information content (AvgIpc) is 2.51. The molecule has 1 heterocycles. The van der Waals surface area contributed by atoms with Crippen LogP contribution >= 0.6 is 11.6 Å². The van der Waals surface area contributed by atoms with E-state index in [2.05, 4.69) is 31.0 Å². The third kappa shape index (κ3) is 2.02. The molecule has 4 heteroatoms. The van der Waals surface area contributed by atoms with Crippen molar-refractivity contribution in [3.05, 3.63) is 11.1 Å². The Kier molecular flexibility index (Phi) is 3.72. The van der Waals surface area contributed by atoms with Crippen molar-refractivity contribution >= 4 is 11.6 Å². The zero-order chi connectivity index (χ0) is 9.84. The van der Waals surface area contributed by atoms with Gasteiger partial charge in [0.25, 0.3) is 0 Å². The Labute approximate surface area is 84.1 Å². The molecule has 0 fully saturated rings. The van der Waals surface area contributed by atoms with E-state index in [0.717, 1.165) is 25.1 Å². The molecular formula is C9H16ClN3. The maximum Gasteiger partial charge on any atom is 0.225 e. The standard InChI is InChI=1S/C9H16ClN3/c1-4-7(5-2)13-8(6-3)11-12-9(13)10/h7H,4-6H2,1-3H3. The Hall–Kier alpha value is -0.570. The van der Waals surface area contributed by atoms with Gasteiger partial charge in [-0.2, -0.15) is 0 Å². The number of hydrogen-bond acceptors (Lipinski definition) is 2. The normalized spacial score (nSPS) is 11.2. The monoisotopic (exact) mass is 201 g/mol. The number of aromatic nitrogens is 3. The first kappa shape index (κ1) is 10.5. The Morgan fingerprint density at radius 3 is 2.31 bits per heavy atom. The van der Waals surface area contributed by atoms with Crippen LogP contribution in [0.3, 0.4) is 0 Å². The third-order valence-corrected chi connectivity index (χ3v) is 2.61. The van der Waals surface area contributed by atoms with Crippen molar-refractivity contribution in [2.24, 2.45) is 0 Å². The first-order chi connectivity index (χ1) is 6.24. The van der Waals surface area contributed by atoms with Gasteiger partial charge in [-0.1, -0.05) is 20.8 Å². The van der Waals surface area contributed by atoms with Crippen LogP contribution in [0.5, 0.6) is 0 Å². The summed E-state index contributed by atoms with van der Waals surface area (Å²) in [6.07, 6.45) is 3.03. The highest BCUT2D eigenvalue weighted by atomic mass is 35.5. The minimum Gasteiger partial charge on any atom is -0.299 e. The van der Waals surface area contributed by atoms with Gasteiger partial charge in [0.2, 0.25) is 5.28 Å². The Morgan fingerprint density at radius 2 is 1.85 bits per heavy atom. The summed E-state index contributed by atoms with van der Waals surface area (Å²) in [7, 11) is 0. The zero-order valence-electron chi connectivity index (χ0n) is 8.42. The zero-order valence-corrected chi connectivity index (χ0v) is 9.17. The third-order valence-electron chi connectivity index (χ3n) is 2.35. The van der Waals surface area contributed by atoms with Crippen LogP contribution in [0.4, 0.5) is 0 Å². The van der Waals surface area contributed by atoms with Gasteiger partial charge in [-0.15, -0.1) is 10.2 Å². The minimum atomic E-state index is 0.442. The summed E-state index contributed by atoms with van der Waals surface area (Å²) in [6, 6.07) is 0.442. The highest BCUT2D eigenvalue weighted by Crippen LogP contribution is 2.22. The first-order valence-electron chi connectivity index (χ1n) is 4.83. The van der Waals surface area contributed by atoms with Gasteiger partial charge in [0.1, 0.15) is 5.82 Å². The summed E-state index contributed by atoms with van der Waals surface area (Å²) < 4.78 is 2.04. The van der Waals surface area contributed by atoms with Crippen molar-refractivity contribution in [2.75, 3.05) is 0 Å². The van der Waals surface area contributed by atoms with E-state index in [9.17, 15) is 0 Å². The minimum absolute atomic E-state index is 0.442. The van der Waals surface area contributed by atoms with E-state index in [1.807, 2.05) is 4.57 Å². The van der Waals surface area contributed by atoms with Gasteiger partial charge in [0, 0.05) is 12.5 Å². The van der Waals surface area contributed by atoms with Gasteiger partial charge in [0.05, 0.1) is 0 Å². The smallest absolute Gasteiger partial charge is 0.225 e. The molecule has 0 bridgehead atoms. The summed E-state index contributed by atoms with van der Waals surface area (Å²) in [4.78, 5) is 0. The average molecular weight is 202 g/mol. The quantitative estimate of drug-likeness (QED) is 0.750. The molecule has 0 amide bonds. The topological polar surface area (TPSA) is 30.7 Å². The molecule has 3 nitrogen and oxygen atoms in total. The lowest BCUT2D eigenvalue weighted by Crippen LogP contribution is -2.10. The van der Waals surface area contributed by atoms with Crippen molar-refractivity contribution in [3.8, 4) is 0 Å². The van der Waals surface area contributed by atoms with Crippen LogP contribution in [0.25, 0.3) is 0 Å². The summed E-state index contributed by atoms with van der Waals surface area (Å²) in [6.45, 7) is 6.38. The summed E-state index contributed by atoms with van der Waals surface area (Å²) in [5.74, 6) is 0.985. The molecule has 0 saturated heterocycles. The Bertz CT molecular complexity index is 266. The van der Waals surface area contributed by atoms with Crippen molar-refractivity contribution in [3.63, 3.8) is 0 Å². The number of nitrogens with zero attached hydrogens (tertiary/aromatic N) is 3. The number of hydrogen-bond donors (Lipinski definition) is 0. The second-order valence-electron chi connectivity index (χ2n) is 3.08. The van der Waals surface area contributed by atoms with E-state index in [1.165, 1.54) is 0 Å². The van der Waals surface area contributed by atoms with E-state index in [4.69, 9.17) is 11.6 Å². The molecule has 0 aliphatic heterocycles. The molecule has 1 rings (SSSR count). The highest BCUT2D eigenvalue weighted by Gasteiger charge is 2.15. The molecule has 0 unspecified atom stereocenters. The van der Waals surface area contributed by atoms with Crippen LogP contribution in [0.2, 0.25) is 5.28 Å². The van der Waals surface area contributed by atoms with Crippen molar-refractivity contribution < 1.29 is 0 Å². The van der Waals surface area contributed by atoms with Gasteiger partial charge in [-0.05, 0) is 24.4 Å². The van der Waals surface area contributed by atoms with E-state index in [0.29, 0.717) is 11.3 Å². The predicted octanol–water partition coefficient (Wildman–Crippen LogP) is 2.86. The van der Waals surface area contributed by atoms with E-state index in [1.54, 1.807) is 0 Å². The van der Waals surface area contributed by atoms with E-state index >= 15 is 0 Å². The van der Waals surface area contributed by atoms with Crippen LogP contribution in [0.1, 0.15) is 45.5 Å². The maximum atomic E-state index is 5.97. The summed E-state index contributed by atoms with van der Waals surface area (Å²) in [5.41, 5.74) is 0. The molecule has 74 valence electrons. The van der Waals surface area contributed by atoms with E-state index < -0.39 is 0 Å². The summed E-state index contributed by atoms with van der Waals surface area (Å²) >= 11 is 5.97. The van der Waals surface area contributed by atoms with Crippen LogP contribution in [0, 0.1) is 0 Å². The first-order valence-corrected chi connectivity index (χ1v) is 5.21. The summed E-state index contributed by atoms with van der Waals surface area (Å²) in [5, 5.41) is 8.43. The Balaban J connectivity index is 3.01. The maximum absolute atomic E-state index is 5.97. The molecule has 1 aromatic rings. The molecule has 0 aliphatic rings. The highest BCUT2D eigenvalue weighted by molar-refractivity contribution is 6.28. The van der Waals surface area contributed by atoms with Gasteiger partial charge < -0.3 is 0 Å². The lowest BCUT2D eigenvalue weighted by Gasteiger charge is -2.16. The van der Waals surface area contributed by atoms with Crippen LogP contribution < -0.4 is 0 Å². The fourth-order valence-electron chi connectivity index (χ4n) is 1.56. The van der Waals surface area contributed by atoms with Crippen LogP contribution in [-0.4, -0.2) is 14.8 Å². The molecule has 13 heavy (non-hydrogen) atoms.